The second-order valence-corrected chi connectivity index (χ2v) is 4.54. The minimum absolute atomic E-state index is 0.446. The van der Waals surface area contributed by atoms with E-state index in [1.54, 1.807) is 6.20 Å². The maximum atomic E-state index is 6.20. The minimum Gasteiger partial charge on any atom is -0.355 e. The van der Waals surface area contributed by atoms with Gasteiger partial charge in [-0.1, -0.05) is 25.4 Å². The van der Waals surface area contributed by atoms with Gasteiger partial charge >= 0.3 is 0 Å². The molecule has 0 spiro atoms. The zero-order chi connectivity index (χ0) is 12.1. The molecule has 1 heterocycles. The van der Waals surface area contributed by atoms with Crippen molar-refractivity contribution in [3.05, 3.63) is 22.8 Å². The van der Waals surface area contributed by atoms with Gasteiger partial charge in [-0.2, -0.15) is 0 Å². The molecular formula is C12H18Cl2N2. The van der Waals surface area contributed by atoms with Crippen LogP contribution in [0.1, 0.15) is 32.3 Å². The number of pyridine rings is 1. The third-order valence-corrected chi connectivity index (χ3v) is 3.44. The molecule has 0 amide bonds. The molecule has 0 N–H and O–H groups in total. The summed E-state index contributed by atoms with van der Waals surface area (Å²) in [6, 6.07) is 2.36. The Kier molecular flexibility index (Phi) is 5.36. The van der Waals surface area contributed by atoms with Gasteiger partial charge in [-0.25, -0.2) is 4.98 Å². The van der Waals surface area contributed by atoms with E-state index in [1.807, 2.05) is 13.1 Å². The molecule has 0 atom stereocenters. The molecule has 1 aromatic rings. The summed E-state index contributed by atoms with van der Waals surface area (Å²) in [6.45, 7) is 4.34. The van der Waals surface area contributed by atoms with Crippen molar-refractivity contribution in [3.63, 3.8) is 0 Å². The van der Waals surface area contributed by atoms with Crippen LogP contribution in [0.2, 0.25) is 5.02 Å². The van der Waals surface area contributed by atoms with E-state index in [0.717, 1.165) is 24.2 Å². The number of anilines is 1. The van der Waals surface area contributed by atoms with Crippen molar-refractivity contribution in [3.8, 4) is 0 Å². The Bertz CT molecular complexity index is 338. The van der Waals surface area contributed by atoms with Crippen molar-refractivity contribution in [2.24, 2.45) is 0 Å². The molecule has 0 aliphatic carbocycles. The van der Waals surface area contributed by atoms with Crippen molar-refractivity contribution in [2.45, 2.75) is 38.6 Å². The van der Waals surface area contributed by atoms with Crippen LogP contribution in [0.3, 0.4) is 0 Å². The summed E-state index contributed by atoms with van der Waals surface area (Å²) in [7, 11) is 2.03. The lowest BCUT2D eigenvalue weighted by Crippen LogP contribution is -2.31. The van der Waals surface area contributed by atoms with Crippen LogP contribution in [0.15, 0.2) is 12.3 Å². The Morgan fingerprint density at radius 1 is 1.38 bits per heavy atom. The van der Waals surface area contributed by atoms with Gasteiger partial charge in [0.2, 0.25) is 0 Å². The first-order chi connectivity index (χ1) is 7.63. The van der Waals surface area contributed by atoms with Gasteiger partial charge in [0.05, 0.1) is 5.02 Å². The molecule has 0 aliphatic heterocycles. The van der Waals surface area contributed by atoms with Crippen LogP contribution in [0.4, 0.5) is 5.82 Å². The lowest BCUT2D eigenvalue weighted by molar-refractivity contribution is 0.587. The third-order valence-electron chi connectivity index (χ3n) is 2.86. The highest BCUT2D eigenvalue weighted by molar-refractivity contribution is 6.33. The van der Waals surface area contributed by atoms with E-state index in [9.17, 15) is 0 Å². The topological polar surface area (TPSA) is 16.1 Å². The Balaban J connectivity index is 2.95. The predicted octanol–water partition coefficient (Wildman–Crippen LogP) is 4.10. The molecule has 0 bridgehead atoms. The van der Waals surface area contributed by atoms with Crippen LogP contribution >= 0.6 is 23.2 Å². The summed E-state index contributed by atoms with van der Waals surface area (Å²) >= 11 is 11.9. The van der Waals surface area contributed by atoms with E-state index in [-0.39, 0.29) is 0 Å². The molecule has 0 saturated carbocycles. The van der Waals surface area contributed by atoms with Gasteiger partial charge in [0.15, 0.2) is 0 Å². The Hall–Kier alpha value is -0.470. The van der Waals surface area contributed by atoms with Gasteiger partial charge in [0, 0.05) is 25.2 Å². The highest BCUT2D eigenvalue weighted by atomic mass is 35.5. The van der Waals surface area contributed by atoms with Crippen LogP contribution in [-0.2, 0) is 5.88 Å². The van der Waals surface area contributed by atoms with Crippen molar-refractivity contribution >= 4 is 29.0 Å². The van der Waals surface area contributed by atoms with Gasteiger partial charge in [0.25, 0.3) is 0 Å². The van der Waals surface area contributed by atoms with Gasteiger partial charge < -0.3 is 4.90 Å². The van der Waals surface area contributed by atoms with E-state index in [2.05, 4.69) is 23.7 Å². The van der Waals surface area contributed by atoms with E-state index in [0.29, 0.717) is 16.9 Å². The van der Waals surface area contributed by atoms with Crippen molar-refractivity contribution in [1.82, 2.24) is 4.98 Å². The van der Waals surface area contributed by atoms with Gasteiger partial charge in [-0.3, -0.25) is 0 Å². The molecule has 4 heteroatoms. The molecule has 1 aromatic heterocycles. The minimum atomic E-state index is 0.446. The molecule has 1 rings (SSSR count). The maximum absolute atomic E-state index is 6.20. The van der Waals surface area contributed by atoms with Gasteiger partial charge in [-0.15, -0.1) is 11.6 Å². The zero-order valence-electron chi connectivity index (χ0n) is 10.0. The van der Waals surface area contributed by atoms with Crippen molar-refractivity contribution < 1.29 is 0 Å². The molecule has 0 aliphatic rings. The van der Waals surface area contributed by atoms with E-state index in [1.165, 1.54) is 0 Å². The Labute approximate surface area is 108 Å². The first-order valence-electron chi connectivity index (χ1n) is 5.57. The van der Waals surface area contributed by atoms with Gasteiger partial charge in [0.1, 0.15) is 5.82 Å². The zero-order valence-corrected chi connectivity index (χ0v) is 11.5. The summed E-state index contributed by atoms with van der Waals surface area (Å²) in [5.74, 6) is 1.28. The molecule has 0 radical (unpaired) electrons. The fraction of sp³-hybridized carbons (Fsp3) is 0.583. The highest BCUT2D eigenvalue weighted by Gasteiger charge is 2.15. The molecule has 0 saturated heterocycles. The van der Waals surface area contributed by atoms with Crippen LogP contribution in [0, 0.1) is 0 Å². The Morgan fingerprint density at radius 2 is 2.00 bits per heavy atom. The average Bonchev–Trinajstić information content (AvgIpc) is 2.30. The lowest BCUT2D eigenvalue weighted by Gasteiger charge is -2.28. The SMILES string of the molecule is CCC(CC)N(C)c1ncc(CCl)cc1Cl. The fourth-order valence-electron chi connectivity index (χ4n) is 1.81. The van der Waals surface area contributed by atoms with E-state index in [4.69, 9.17) is 23.2 Å². The van der Waals surface area contributed by atoms with Crippen molar-refractivity contribution in [2.75, 3.05) is 11.9 Å². The predicted molar refractivity (Wildman–Crippen MR) is 71.6 cm³/mol. The van der Waals surface area contributed by atoms with Crippen molar-refractivity contribution in [1.29, 1.82) is 0 Å². The second kappa shape index (κ2) is 6.31. The summed E-state index contributed by atoms with van der Waals surface area (Å²) in [4.78, 5) is 6.51. The van der Waals surface area contributed by atoms with E-state index < -0.39 is 0 Å². The normalized spacial score (nSPS) is 10.9. The molecular weight excluding hydrogens is 243 g/mol. The van der Waals surface area contributed by atoms with Gasteiger partial charge in [-0.05, 0) is 24.5 Å². The van der Waals surface area contributed by atoms with Crippen LogP contribution in [0.25, 0.3) is 0 Å². The number of aromatic nitrogens is 1. The molecule has 2 nitrogen and oxygen atoms in total. The number of rotatable bonds is 5. The average molecular weight is 261 g/mol. The second-order valence-electron chi connectivity index (χ2n) is 3.86. The first kappa shape index (κ1) is 13.6. The largest absolute Gasteiger partial charge is 0.355 e. The lowest BCUT2D eigenvalue weighted by atomic mass is 10.1. The number of nitrogens with zero attached hydrogens (tertiary/aromatic N) is 2. The maximum Gasteiger partial charge on any atom is 0.147 e. The van der Waals surface area contributed by atoms with Crippen LogP contribution < -0.4 is 4.90 Å². The summed E-state index contributed by atoms with van der Waals surface area (Å²) < 4.78 is 0. The summed E-state index contributed by atoms with van der Waals surface area (Å²) in [6.07, 6.45) is 3.96. The van der Waals surface area contributed by atoms with Crippen LogP contribution in [-0.4, -0.2) is 18.1 Å². The van der Waals surface area contributed by atoms with Crippen LogP contribution in [0.5, 0.6) is 0 Å². The smallest absolute Gasteiger partial charge is 0.147 e. The quantitative estimate of drug-likeness (QED) is 0.742. The Morgan fingerprint density at radius 3 is 2.44 bits per heavy atom. The molecule has 0 aromatic carbocycles. The third kappa shape index (κ3) is 3.02. The number of hydrogen-bond acceptors (Lipinski definition) is 2. The monoisotopic (exact) mass is 260 g/mol. The molecule has 90 valence electrons. The molecule has 0 unspecified atom stereocenters. The standard InChI is InChI=1S/C12H18Cl2N2/c1-4-10(5-2)16(3)12-11(14)6-9(7-13)8-15-12/h6,8,10H,4-5,7H2,1-3H3. The molecule has 16 heavy (non-hydrogen) atoms. The summed E-state index contributed by atoms with van der Waals surface area (Å²) in [5, 5.41) is 0.674. The fourth-order valence-corrected chi connectivity index (χ4v) is 2.28. The number of hydrogen-bond donors (Lipinski definition) is 0. The summed E-state index contributed by atoms with van der Waals surface area (Å²) in [5.41, 5.74) is 0.952. The highest BCUT2D eigenvalue weighted by Crippen LogP contribution is 2.26. The van der Waals surface area contributed by atoms with E-state index >= 15 is 0 Å². The number of alkyl halides is 1. The number of halogens is 2. The first-order valence-corrected chi connectivity index (χ1v) is 6.48. The molecule has 0 fully saturated rings.